The molecule has 3 amide bonds. The van der Waals surface area contributed by atoms with E-state index in [1.165, 1.54) is 0 Å². The van der Waals surface area contributed by atoms with Gasteiger partial charge in [0.1, 0.15) is 0 Å². The van der Waals surface area contributed by atoms with Crippen molar-refractivity contribution in [1.29, 1.82) is 0 Å². The third-order valence-electron chi connectivity index (χ3n) is 3.04. The van der Waals surface area contributed by atoms with Gasteiger partial charge in [-0.05, 0) is 25.7 Å². The van der Waals surface area contributed by atoms with E-state index in [0.29, 0.717) is 6.54 Å². The number of amides is 3. The van der Waals surface area contributed by atoms with E-state index in [1.54, 1.807) is 4.90 Å². The first-order valence-electron chi connectivity index (χ1n) is 6.86. The number of carboxylic acid groups (broad SMARTS) is 1. The molecule has 0 saturated heterocycles. The molecule has 1 rings (SSSR count). The van der Waals surface area contributed by atoms with Crippen LogP contribution in [0.1, 0.15) is 51.9 Å². The van der Waals surface area contributed by atoms with Gasteiger partial charge in [-0.1, -0.05) is 13.3 Å². The van der Waals surface area contributed by atoms with Crippen LogP contribution in [0.4, 0.5) is 4.79 Å². The van der Waals surface area contributed by atoms with Crippen LogP contribution in [0.25, 0.3) is 0 Å². The van der Waals surface area contributed by atoms with Crippen LogP contribution in [0.2, 0.25) is 0 Å². The number of hydrogen-bond acceptors (Lipinski definition) is 3. The number of hydrogen-bond donors (Lipinski definition) is 2. The third kappa shape index (κ3) is 6.22. The maximum atomic E-state index is 11.9. The molecule has 0 unspecified atom stereocenters. The van der Waals surface area contributed by atoms with Crippen molar-refractivity contribution in [3.8, 4) is 0 Å². The number of rotatable bonds is 8. The minimum atomic E-state index is -0.929. The number of nitrogens with zero attached hydrogens (tertiary/aromatic N) is 1. The summed E-state index contributed by atoms with van der Waals surface area (Å²) in [5.74, 6) is -1.32. The van der Waals surface area contributed by atoms with Crippen LogP contribution in [0, 0.1) is 0 Å². The Hall–Kier alpha value is -1.59. The van der Waals surface area contributed by atoms with Crippen LogP contribution in [-0.4, -0.2) is 40.5 Å². The first-order valence-corrected chi connectivity index (χ1v) is 6.86. The fraction of sp³-hybridized carbons (Fsp3) is 0.769. The number of unbranched alkanes of at least 4 members (excludes halogenated alkanes) is 1. The van der Waals surface area contributed by atoms with Crippen molar-refractivity contribution in [2.24, 2.45) is 0 Å². The molecule has 0 bridgehead atoms. The lowest BCUT2D eigenvalue weighted by Crippen LogP contribution is -2.44. The maximum Gasteiger partial charge on any atom is 0.324 e. The average molecular weight is 270 g/mol. The SMILES string of the molecule is CCCCN(C(=O)NC(=O)CCCC(=O)O)C1CC1. The van der Waals surface area contributed by atoms with Crippen LogP contribution in [0.3, 0.4) is 0 Å². The number of imide groups is 1. The first-order chi connectivity index (χ1) is 9.04. The normalized spacial score (nSPS) is 13.9. The second-order valence-corrected chi connectivity index (χ2v) is 4.88. The van der Waals surface area contributed by atoms with Gasteiger partial charge in [0, 0.05) is 25.4 Å². The zero-order valence-corrected chi connectivity index (χ0v) is 11.4. The summed E-state index contributed by atoms with van der Waals surface area (Å²) in [6, 6.07) is -0.0605. The van der Waals surface area contributed by atoms with E-state index >= 15 is 0 Å². The Morgan fingerprint density at radius 2 is 1.89 bits per heavy atom. The summed E-state index contributed by atoms with van der Waals surface area (Å²) in [4.78, 5) is 35.5. The summed E-state index contributed by atoms with van der Waals surface area (Å²) in [5.41, 5.74) is 0. The quantitative estimate of drug-likeness (QED) is 0.703. The van der Waals surface area contributed by atoms with Gasteiger partial charge in [0.05, 0.1) is 0 Å². The molecule has 0 spiro atoms. The van der Waals surface area contributed by atoms with Crippen LogP contribution in [0.15, 0.2) is 0 Å². The van der Waals surface area contributed by atoms with Gasteiger partial charge in [-0.2, -0.15) is 0 Å². The molecule has 0 heterocycles. The van der Waals surface area contributed by atoms with Crippen molar-refractivity contribution in [3.63, 3.8) is 0 Å². The highest BCUT2D eigenvalue weighted by Crippen LogP contribution is 2.27. The standard InChI is InChI=1S/C13H22N2O4/c1-2-3-9-15(10-7-8-10)13(19)14-11(16)5-4-6-12(17)18/h10H,2-9H2,1H3,(H,17,18)(H,14,16,19). The van der Waals surface area contributed by atoms with E-state index in [9.17, 15) is 14.4 Å². The highest BCUT2D eigenvalue weighted by atomic mass is 16.4. The van der Waals surface area contributed by atoms with Crippen molar-refractivity contribution in [3.05, 3.63) is 0 Å². The molecule has 0 radical (unpaired) electrons. The van der Waals surface area contributed by atoms with Crippen LogP contribution < -0.4 is 5.32 Å². The second kappa shape index (κ2) is 7.76. The van der Waals surface area contributed by atoms with E-state index in [1.807, 2.05) is 0 Å². The average Bonchev–Trinajstić information content (AvgIpc) is 3.13. The lowest BCUT2D eigenvalue weighted by Gasteiger charge is -2.22. The zero-order chi connectivity index (χ0) is 14.3. The summed E-state index contributed by atoms with van der Waals surface area (Å²) < 4.78 is 0. The molecule has 1 saturated carbocycles. The van der Waals surface area contributed by atoms with E-state index in [2.05, 4.69) is 12.2 Å². The Morgan fingerprint density at radius 3 is 2.42 bits per heavy atom. The predicted octanol–water partition coefficient (Wildman–Crippen LogP) is 1.74. The van der Waals surface area contributed by atoms with Crippen LogP contribution in [-0.2, 0) is 9.59 Å². The van der Waals surface area contributed by atoms with Crippen LogP contribution in [0.5, 0.6) is 0 Å². The monoisotopic (exact) mass is 270 g/mol. The van der Waals surface area contributed by atoms with Crippen molar-refractivity contribution < 1.29 is 19.5 Å². The number of nitrogens with one attached hydrogen (secondary N) is 1. The third-order valence-corrected chi connectivity index (χ3v) is 3.04. The Morgan fingerprint density at radius 1 is 1.21 bits per heavy atom. The molecule has 0 aromatic rings. The van der Waals surface area contributed by atoms with Gasteiger partial charge in [-0.15, -0.1) is 0 Å². The number of urea groups is 1. The molecule has 1 fully saturated rings. The largest absolute Gasteiger partial charge is 0.481 e. The number of carbonyl (C=O) groups is 3. The zero-order valence-electron chi connectivity index (χ0n) is 11.4. The highest BCUT2D eigenvalue weighted by molar-refractivity contribution is 5.94. The lowest BCUT2D eigenvalue weighted by molar-refractivity contribution is -0.137. The van der Waals surface area contributed by atoms with Gasteiger partial charge >= 0.3 is 12.0 Å². The number of carbonyl (C=O) groups excluding carboxylic acids is 2. The van der Waals surface area contributed by atoms with Gasteiger partial charge in [0.15, 0.2) is 0 Å². The van der Waals surface area contributed by atoms with Crippen molar-refractivity contribution >= 4 is 17.9 Å². The Kier molecular flexibility index (Phi) is 6.32. The van der Waals surface area contributed by atoms with Gasteiger partial charge in [-0.25, -0.2) is 4.79 Å². The van der Waals surface area contributed by atoms with E-state index in [-0.39, 0.29) is 31.3 Å². The van der Waals surface area contributed by atoms with Gasteiger partial charge in [-0.3, -0.25) is 14.9 Å². The molecular formula is C13H22N2O4. The molecule has 0 aromatic carbocycles. The molecule has 19 heavy (non-hydrogen) atoms. The minimum absolute atomic E-state index is 0.0518. The van der Waals surface area contributed by atoms with E-state index in [0.717, 1.165) is 25.7 Å². The fourth-order valence-corrected chi connectivity index (χ4v) is 1.82. The summed E-state index contributed by atoms with van der Waals surface area (Å²) >= 11 is 0. The number of carboxylic acids is 1. The Balaban J connectivity index is 2.30. The van der Waals surface area contributed by atoms with Gasteiger partial charge < -0.3 is 10.0 Å². The van der Waals surface area contributed by atoms with Crippen molar-refractivity contribution in [2.75, 3.05) is 6.54 Å². The molecule has 0 atom stereocenters. The fourth-order valence-electron chi connectivity index (χ4n) is 1.82. The number of aliphatic carboxylic acids is 1. The molecule has 1 aliphatic rings. The summed E-state index contributed by atoms with van der Waals surface area (Å²) in [7, 11) is 0. The van der Waals surface area contributed by atoms with Crippen LogP contribution >= 0.6 is 0 Å². The molecule has 0 aliphatic heterocycles. The smallest absolute Gasteiger partial charge is 0.324 e. The molecule has 6 heteroatoms. The first kappa shape index (κ1) is 15.5. The predicted molar refractivity (Wildman–Crippen MR) is 69.7 cm³/mol. The van der Waals surface area contributed by atoms with Crippen molar-refractivity contribution in [2.45, 2.75) is 57.9 Å². The van der Waals surface area contributed by atoms with E-state index in [4.69, 9.17) is 5.11 Å². The van der Waals surface area contributed by atoms with Gasteiger partial charge in [0.2, 0.25) is 5.91 Å². The molecule has 1 aliphatic carbocycles. The van der Waals surface area contributed by atoms with E-state index < -0.39 is 11.9 Å². The second-order valence-electron chi connectivity index (χ2n) is 4.88. The Bertz CT molecular complexity index is 340. The summed E-state index contributed by atoms with van der Waals surface area (Å²) in [5, 5.41) is 10.8. The lowest BCUT2D eigenvalue weighted by atomic mass is 10.2. The minimum Gasteiger partial charge on any atom is -0.481 e. The molecule has 2 N–H and O–H groups in total. The summed E-state index contributed by atoms with van der Waals surface area (Å²) in [6.07, 6.45) is 4.22. The van der Waals surface area contributed by atoms with Crippen molar-refractivity contribution in [1.82, 2.24) is 10.2 Å². The molecule has 108 valence electrons. The summed E-state index contributed by atoms with van der Waals surface area (Å²) in [6.45, 7) is 2.73. The topological polar surface area (TPSA) is 86.7 Å². The Labute approximate surface area is 113 Å². The van der Waals surface area contributed by atoms with Gasteiger partial charge in [0.25, 0.3) is 0 Å². The molecular weight excluding hydrogens is 248 g/mol. The molecule has 6 nitrogen and oxygen atoms in total. The maximum absolute atomic E-state index is 11.9. The molecule has 0 aromatic heterocycles. The highest BCUT2D eigenvalue weighted by Gasteiger charge is 2.32.